The van der Waals surface area contributed by atoms with Crippen LogP contribution in [0.1, 0.15) is 19.4 Å². The van der Waals surface area contributed by atoms with Crippen molar-refractivity contribution in [1.29, 1.82) is 0 Å². The van der Waals surface area contributed by atoms with Crippen molar-refractivity contribution in [1.82, 2.24) is 19.7 Å². The van der Waals surface area contributed by atoms with Gasteiger partial charge < -0.3 is 0 Å². The van der Waals surface area contributed by atoms with Crippen LogP contribution < -0.4 is 9.18 Å². The molecule has 7 nitrogen and oxygen atoms in total. The molecule has 1 heterocycles. The summed E-state index contributed by atoms with van der Waals surface area (Å²) in [6.45, 7) is 4.25. The van der Waals surface area contributed by atoms with Gasteiger partial charge in [-0.15, -0.1) is 0 Å². The third kappa shape index (κ3) is 3.88. The van der Waals surface area contributed by atoms with Gasteiger partial charge in [-0.1, -0.05) is 0 Å². The number of aromatic nitrogens is 3. The van der Waals surface area contributed by atoms with Gasteiger partial charge in [0, 0.05) is 0 Å². The van der Waals surface area contributed by atoms with Gasteiger partial charge in [0.25, 0.3) is 0 Å². The van der Waals surface area contributed by atoms with Gasteiger partial charge in [-0.2, -0.15) is 0 Å². The quantitative estimate of drug-likeness (QED) is 0.686. The topological polar surface area (TPSA) is 85.2 Å². The number of amides is 1. The SMILES string of the molecule is CCN(CC)C(=O)n1cnc([Se](=O)(=O)c2cccc(C(F)(F)F)c2)n1. The minimum absolute atomic E-state index is 0.386. The second kappa shape index (κ2) is 6.93. The van der Waals surface area contributed by atoms with E-state index in [0.29, 0.717) is 19.2 Å². The van der Waals surface area contributed by atoms with Crippen LogP contribution in [0.3, 0.4) is 0 Å². The predicted octanol–water partition coefficient (Wildman–Crippen LogP) is 1.02. The molecular weight excluding hydrogens is 408 g/mol. The van der Waals surface area contributed by atoms with E-state index in [-0.39, 0.29) is 0 Å². The van der Waals surface area contributed by atoms with E-state index in [1.54, 1.807) is 13.8 Å². The Balaban J connectivity index is 2.40. The number of halogens is 3. The summed E-state index contributed by atoms with van der Waals surface area (Å²) in [7, 11) is 0. The molecule has 0 fully saturated rings. The first kappa shape index (κ1) is 19.1. The maximum absolute atomic E-state index is 12.8. The van der Waals surface area contributed by atoms with Gasteiger partial charge in [-0.3, -0.25) is 0 Å². The molecule has 0 atom stereocenters. The molecule has 2 rings (SSSR count). The second-order valence-corrected chi connectivity index (χ2v) is 8.82. The van der Waals surface area contributed by atoms with Gasteiger partial charge in [0.15, 0.2) is 0 Å². The van der Waals surface area contributed by atoms with E-state index in [0.717, 1.165) is 29.2 Å². The van der Waals surface area contributed by atoms with Crippen LogP contribution in [-0.2, 0) is 13.8 Å². The van der Waals surface area contributed by atoms with Crippen molar-refractivity contribution in [3.8, 4) is 0 Å². The van der Waals surface area contributed by atoms with Crippen molar-refractivity contribution < 1.29 is 25.6 Å². The first-order valence-electron chi connectivity index (χ1n) is 7.24. The molecule has 0 radical (unpaired) electrons. The Labute approximate surface area is 143 Å². The summed E-state index contributed by atoms with van der Waals surface area (Å²) >= 11 is -5.27. The van der Waals surface area contributed by atoms with Gasteiger partial charge in [-0.05, 0) is 0 Å². The Hall–Kier alpha value is -2.26. The number of carbonyl (C=O) groups is 1. The molecule has 136 valence electrons. The van der Waals surface area contributed by atoms with E-state index in [1.807, 2.05) is 0 Å². The van der Waals surface area contributed by atoms with Crippen LogP contribution in [-0.4, -0.2) is 51.5 Å². The fourth-order valence-corrected chi connectivity index (χ4v) is 4.42. The first-order valence-corrected chi connectivity index (χ1v) is 10.4. The van der Waals surface area contributed by atoms with Gasteiger partial charge in [0.2, 0.25) is 0 Å². The zero-order chi connectivity index (χ0) is 18.8. The Bertz CT molecular complexity index is 873. The third-order valence-electron chi connectivity index (χ3n) is 3.41. The van der Waals surface area contributed by atoms with Crippen LogP contribution in [0, 0.1) is 0 Å². The first-order chi connectivity index (χ1) is 11.6. The molecule has 0 aliphatic heterocycles. The van der Waals surface area contributed by atoms with E-state index >= 15 is 0 Å². The number of carbonyl (C=O) groups excluding carboxylic acids is 1. The Morgan fingerprint density at radius 1 is 1.24 bits per heavy atom. The second-order valence-electron chi connectivity index (χ2n) is 4.96. The molecule has 0 unspecified atom stereocenters. The number of hydrogen-bond acceptors (Lipinski definition) is 5. The van der Waals surface area contributed by atoms with E-state index in [2.05, 4.69) is 10.1 Å². The average Bonchev–Trinajstić information content (AvgIpc) is 3.06. The van der Waals surface area contributed by atoms with Gasteiger partial charge in [0.1, 0.15) is 0 Å². The summed E-state index contributed by atoms with van der Waals surface area (Å²) in [5.74, 6) is 0. The van der Waals surface area contributed by atoms with Crippen LogP contribution in [0.2, 0.25) is 0 Å². The summed E-state index contributed by atoms with van der Waals surface area (Å²) in [6.07, 6.45) is -3.74. The Morgan fingerprint density at radius 2 is 1.88 bits per heavy atom. The Kier molecular flexibility index (Phi) is 5.28. The number of hydrogen-bond donors (Lipinski definition) is 0. The molecule has 0 aliphatic carbocycles. The summed E-state index contributed by atoms with van der Waals surface area (Å²) in [5, 5.41) is 3.64. The number of benzene rings is 1. The van der Waals surface area contributed by atoms with Gasteiger partial charge >= 0.3 is 142 Å². The number of alkyl halides is 3. The molecule has 1 aromatic carbocycles. The fraction of sp³-hybridized carbons (Fsp3) is 0.357. The van der Waals surface area contributed by atoms with Crippen LogP contribution in [0.4, 0.5) is 18.0 Å². The zero-order valence-electron chi connectivity index (χ0n) is 13.4. The monoisotopic (exact) mass is 424 g/mol. The summed E-state index contributed by atoms with van der Waals surface area (Å²) in [6, 6.07) is 2.78. The molecule has 25 heavy (non-hydrogen) atoms. The molecule has 0 saturated heterocycles. The molecular formula is C14H15F3N4O3Se. The molecule has 0 spiro atoms. The van der Waals surface area contributed by atoms with E-state index in [9.17, 15) is 25.6 Å². The number of rotatable bonds is 4. The zero-order valence-corrected chi connectivity index (χ0v) is 15.1. The average molecular weight is 423 g/mol. The van der Waals surface area contributed by atoms with Crippen LogP contribution in [0.5, 0.6) is 0 Å². The van der Waals surface area contributed by atoms with Crippen molar-refractivity contribution in [3.63, 3.8) is 0 Å². The fourth-order valence-electron chi connectivity index (χ4n) is 2.05. The molecule has 1 amide bonds. The van der Waals surface area contributed by atoms with Crippen molar-refractivity contribution in [3.05, 3.63) is 36.2 Å². The van der Waals surface area contributed by atoms with E-state index in [4.69, 9.17) is 0 Å². The van der Waals surface area contributed by atoms with Gasteiger partial charge in [0.05, 0.1) is 0 Å². The third-order valence-corrected chi connectivity index (χ3v) is 6.65. The summed E-state index contributed by atoms with van der Waals surface area (Å²) < 4.78 is 62.9. The van der Waals surface area contributed by atoms with Crippen LogP contribution in [0.15, 0.2) is 30.6 Å². The number of nitrogens with zero attached hydrogens (tertiary/aromatic N) is 4. The van der Waals surface area contributed by atoms with Crippen LogP contribution in [0.25, 0.3) is 0 Å². The molecule has 0 aliphatic rings. The van der Waals surface area contributed by atoms with Crippen molar-refractivity contribution in [2.24, 2.45) is 0 Å². The minimum atomic E-state index is -5.27. The molecule has 11 heteroatoms. The molecule has 2 aromatic rings. The summed E-state index contributed by atoms with van der Waals surface area (Å²) in [4.78, 5) is 17.1. The summed E-state index contributed by atoms with van der Waals surface area (Å²) in [5.41, 5.74) is -1.09. The van der Waals surface area contributed by atoms with Crippen molar-refractivity contribution in [2.75, 3.05) is 13.1 Å². The molecule has 0 N–H and O–H groups in total. The van der Waals surface area contributed by atoms with Crippen molar-refractivity contribution in [2.45, 2.75) is 20.0 Å². The van der Waals surface area contributed by atoms with Crippen molar-refractivity contribution >= 4 is 27.9 Å². The normalized spacial score (nSPS) is 12.2. The maximum atomic E-state index is 12.8. The molecule has 0 bridgehead atoms. The van der Waals surface area contributed by atoms with E-state index < -0.39 is 39.7 Å². The molecule has 0 saturated carbocycles. The Morgan fingerprint density at radius 3 is 2.44 bits per heavy atom. The molecule has 1 aromatic heterocycles. The standard InChI is InChI=1S/C14H15F3N4O3Se/c1-3-20(4-2)13(22)21-9-18-12(19-21)25(23,24)11-7-5-6-10(8-11)14(15,16)17/h5-9H,3-4H2,1-2H3. The van der Waals surface area contributed by atoms with E-state index in [1.165, 1.54) is 4.90 Å². The van der Waals surface area contributed by atoms with Gasteiger partial charge in [-0.25, -0.2) is 0 Å². The van der Waals surface area contributed by atoms with Crippen LogP contribution >= 0.6 is 0 Å². The predicted molar refractivity (Wildman–Crippen MR) is 81.6 cm³/mol.